The molecular formula is C94H64N2. The average Bonchev–Trinajstić information content (AvgIpc) is 0.708. The van der Waals surface area contributed by atoms with E-state index in [4.69, 9.17) is 0 Å². The number of hydrogen-bond acceptors (Lipinski definition) is 2. The molecule has 0 aliphatic heterocycles. The summed E-state index contributed by atoms with van der Waals surface area (Å²) in [6.07, 6.45) is 0. The summed E-state index contributed by atoms with van der Waals surface area (Å²) in [7, 11) is 0. The molecule has 0 heterocycles. The van der Waals surface area contributed by atoms with E-state index in [9.17, 15) is 0 Å². The molecular weight excluding hydrogens is 1160 g/mol. The molecule has 0 fully saturated rings. The molecule has 450 valence electrons. The lowest BCUT2D eigenvalue weighted by Gasteiger charge is -2.27. The van der Waals surface area contributed by atoms with Gasteiger partial charge in [0.2, 0.25) is 0 Å². The van der Waals surface area contributed by atoms with Crippen molar-refractivity contribution >= 4 is 77.2 Å². The van der Waals surface area contributed by atoms with Gasteiger partial charge in [-0.2, -0.15) is 0 Å². The fourth-order valence-corrected chi connectivity index (χ4v) is 14.3. The average molecular weight is 1220 g/mol. The molecule has 17 rings (SSSR count). The molecule has 17 aromatic carbocycles. The molecule has 0 spiro atoms. The molecule has 0 N–H and O–H groups in total. The maximum atomic E-state index is 2.41. The standard InChI is InChI=1S/C94H64N2/c1-7-19-65(20-8-1)71-31-35-77(36-32-71)91-89-59-47-80-64-86(96(83-53-43-75(44-54-83)69-27-15-5-16-28-69)84-55-45-76(46-56-84)70-29-17-6-18-30-70)58-62-88(80)94(89)92(78-37-33-72(34-38-78)66-21-9-2-10-22-66)90-60-48-79-63-85(57-61-87(79)93(90)91)95(81-49-39-73(40-50-81)67-23-11-3-12-24-67)82-51-41-74(42-52-82)68-25-13-4-14-26-68/h1-64H. The Bertz CT molecular complexity index is 5070. The minimum atomic E-state index is 1.07. The van der Waals surface area contributed by atoms with Crippen LogP contribution < -0.4 is 9.80 Å². The molecule has 0 atom stereocenters. The monoisotopic (exact) mass is 1220 g/mol. The first-order valence-corrected chi connectivity index (χ1v) is 33.0. The Morgan fingerprint density at radius 3 is 0.562 bits per heavy atom. The van der Waals surface area contributed by atoms with Gasteiger partial charge in [0.25, 0.3) is 0 Å². The Balaban J connectivity index is 0.885. The zero-order valence-corrected chi connectivity index (χ0v) is 52.8. The maximum absolute atomic E-state index is 2.41. The van der Waals surface area contributed by atoms with E-state index in [1.807, 2.05) is 0 Å². The van der Waals surface area contributed by atoms with Gasteiger partial charge in [-0.25, -0.2) is 0 Å². The number of fused-ring (bicyclic) bond motifs is 6. The van der Waals surface area contributed by atoms with Gasteiger partial charge in [0.15, 0.2) is 0 Å². The molecule has 0 amide bonds. The van der Waals surface area contributed by atoms with Crippen LogP contribution in [0.25, 0.3) is 132 Å². The van der Waals surface area contributed by atoms with E-state index in [0.717, 1.165) is 56.0 Å². The molecule has 0 unspecified atom stereocenters. The van der Waals surface area contributed by atoms with Gasteiger partial charge in [-0.3, -0.25) is 0 Å². The second-order valence-corrected chi connectivity index (χ2v) is 24.7. The minimum absolute atomic E-state index is 1.07. The lowest BCUT2D eigenvalue weighted by molar-refractivity contribution is 1.29. The molecule has 0 radical (unpaired) electrons. The molecule has 0 saturated carbocycles. The van der Waals surface area contributed by atoms with Crippen molar-refractivity contribution in [2.75, 3.05) is 9.80 Å². The zero-order valence-electron chi connectivity index (χ0n) is 52.8. The summed E-state index contributed by atoms with van der Waals surface area (Å²) in [5.41, 5.74) is 25.4. The highest BCUT2D eigenvalue weighted by Crippen LogP contribution is 2.51. The normalized spacial score (nSPS) is 11.3. The second-order valence-electron chi connectivity index (χ2n) is 24.7. The van der Waals surface area contributed by atoms with Crippen LogP contribution in [0.4, 0.5) is 34.1 Å². The quantitative estimate of drug-likeness (QED) is 0.0791. The van der Waals surface area contributed by atoms with Crippen molar-refractivity contribution in [2.45, 2.75) is 0 Å². The van der Waals surface area contributed by atoms with Crippen LogP contribution in [0.15, 0.2) is 388 Å². The van der Waals surface area contributed by atoms with Crippen LogP contribution >= 0.6 is 0 Å². The first kappa shape index (κ1) is 57.3. The van der Waals surface area contributed by atoms with Gasteiger partial charge in [0.1, 0.15) is 0 Å². The van der Waals surface area contributed by atoms with E-state index in [1.165, 1.54) is 110 Å². The van der Waals surface area contributed by atoms with Gasteiger partial charge in [-0.15, -0.1) is 0 Å². The predicted molar refractivity (Wildman–Crippen MR) is 409 cm³/mol. The third-order valence-corrected chi connectivity index (χ3v) is 19.1. The molecule has 0 aromatic heterocycles. The first-order valence-electron chi connectivity index (χ1n) is 33.0. The third-order valence-electron chi connectivity index (χ3n) is 19.1. The number of anilines is 6. The highest BCUT2D eigenvalue weighted by molar-refractivity contribution is 6.32. The van der Waals surface area contributed by atoms with E-state index in [1.54, 1.807) is 0 Å². The summed E-state index contributed by atoms with van der Waals surface area (Å²) in [6, 6.07) is 142. The van der Waals surface area contributed by atoms with Crippen LogP contribution in [0, 0.1) is 0 Å². The Hall–Kier alpha value is -12.6. The largest absolute Gasteiger partial charge is 0.310 e. The molecule has 0 bridgehead atoms. The lowest BCUT2D eigenvalue weighted by Crippen LogP contribution is -2.10. The molecule has 2 nitrogen and oxygen atoms in total. The maximum Gasteiger partial charge on any atom is 0.0468 e. The molecule has 17 aromatic rings. The topological polar surface area (TPSA) is 6.48 Å². The van der Waals surface area contributed by atoms with Crippen LogP contribution in [-0.4, -0.2) is 0 Å². The molecule has 0 aliphatic rings. The van der Waals surface area contributed by atoms with Crippen molar-refractivity contribution in [2.24, 2.45) is 0 Å². The zero-order chi connectivity index (χ0) is 63.7. The van der Waals surface area contributed by atoms with E-state index >= 15 is 0 Å². The van der Waals surface area contributed by atoms with Crippen molar-refractivity contribution in [3.8, 4) is 89.0 Å². The summed E-state index contributed by atoms with van der Waals surface area (Å²) in [6.45, 7) is 0. The SMILES string of the molecule is c1ccc(-c2ccc(-c3c4ccc5cc(N(c6ccc(-c7ccccc7)cc6)c6ccc(-c7ccccc7)cc6)ccc5c4c(-c4ccc(-c5ccccc5)cc4)c4ccc5cc(N(c6ccc(-c7ccccc7)cc6)c6ccc(-c7ccccc7)cc6)ccc5c34)cc2)cc1. The molecule has 0 saturated heterocycles. The van der Waals surface area contributed by atoms with E-state index in [-0.39, 0.29) is 0 Å². The summed E-state index contributed by atoms with van der Waals surface area (Å²) in [5.74, 6) is 0. The predicted octanol–water partition coefficient (Wildman–Crippen LogP) is 26.6. The van der Waals surface area contributed by atoms with E-state index < -0.39 is 0 Å². The number of nitrogens with zero attached hydrogens (tertiary/aromatic N) is 2. The first-order chi connectivity index (χ1) is 47.6. The number of hydrogen-bond donors (Lipinski definition) is 0. The lowest BCUT2D eigenvalue weighted by atomic mass is 9.82. The fourth-order valence-electron chi connectivity index (χ4n) is 14.3. The highest BCUT2D eigenvalue weighted by Gasteiger charge is 2.24. The van der Waals surface area contributed by atoms with Gasteiger partial charge in [-0.05, 0) is 205 Å². The fraction of sp³-hybridized carbons (Fsp3) is 0. The van der Waals surface area contributed by atoms with Gasteiger partial charge in [0.05, 0.1) is 0 Å². The summed E-state index contributed by atoms with van der Waals surface area (Å²) < 4.78 is 0. The van der Waals surface area contributed by atoms with Crippen LogP contribution in [0.2, 0.25) is 0 Å². The van der Waals surface area contributed by atoms with Crippen LogP contribution in [0.1, 0.15) is 0 Å². The third kappa shape index (κ3) is 10.9. The van der Waals surface area contributed by atoms with Gasteiger partial charge in [-0.1, -0.05) is 315 Å². The van der Waals surface area contributed by atoms with Crippen molar-refractivity contribution in [1.82, 2.24) is 0 Å². The number of benzene rings is 17. The van der Waals surface area contributed by atoms with Gasteiger partial charge in [0, 0.05) is 34.1 Å². The summed E-state index contributed by atoms with van der Waals surface area (Å²) in [5, 5.41) is 9.48. The van der Waals surface area contributed by atoms with E-state index in [2.05, 4.69) is 398 Å². The summed E-state index contributed by atoms with van der Waals surface area (Å²) >= 11 is 0. The Morgan fingerprint density at radius 2 is 0.323 bits per heavy atom. The Morgan fingerprint density at radius 1 is 0.135 bits per heavy atom. The van der Waals surface area contributed by atoms with Crippen LogP contribution in [0.3, 0.4) is 0 Å². The van der Waals surface area contributed by atoms with E-state index in [0.29, 0.717) is 0 Å². The second kappa shape index (κ2) is 25.1. The van der Waals surface area contributed by atoms with Gasteiger partial charge < -0.3 is 9.80 Å². The minimum Gasteiger partial charge on any atom is -0.310 e. The van der Waals surface area contributed by atoms with Crippen molar-refractivity contribution in [3.05, 3.63) is 388 Å². The molecule has 96 heavy (non-hydrogen) atoms. The Labute approximate surface area is 560 Å². The summed E-state index contributed by atoms with van der Waals surface area (Å²) in [4.78, 5) is 4.80. The Kier molecular flexibility index (Phi) is 15.0. The van der Waals surface area contributed by atoms with Crippen molar-refractivity contribution in [3.63, 3.8) is 0 Å². The smallest absolute Gasteiger partial charge is 0.0468 e. The van der Waals surface area contributed by atoms with Crippen molar-refractivity contribution < 1.29 is 0 Å². The van der Waals surface area contributed by atoms with Crippen LogP contribution in [0.5, 0.6) is 0 Å². The van der Waals surface area contributed by atoms with Gasteiger partial charge >= 0.3 is 0 Å². The highest BCUT2D eigenvalue weighted by atomic mass is 15.1. The number of rotatable bonds is 14. The van der Waals surface area contributed by atoms with Crippen molar-refractivity contribution in [1.29, 1.82) is 0 Å². The molecule has 0 aliphatic carbocycles. The van der Waals surface area contributed by atoms with Crippen LogP contribution in [-0.2, 0) is 0 Å². The molecule has 2 heteroatoms.